The molecule has 3 rings (SSSR count). The van der Waals surface area contributed by atoms with E-state index >= 15 is 0 Å². The standard InChI is InChI=1S/C12H8O4/c13-12(14)9-3-1-2-8-7-4-5-15-10(7)6-16-11(8)9/h1-5H,6H2,(H,13,14). The van der Waals surface area contributed by atoms with Crippen LogP contribution in [0.25, 0.3) is 11.1 Å². The van der Waals surface area contributed by atoms with Gasteiger partial charge in [-0.25, -0.2) is 4.79 Å². The highest BCUT2D eigenvalue weighted by atomic mass is 16.5. The van der Waals surface area contributed by atoms with Crippen molar-refractivity contribution >= 4 is 5.97 Å². The van der Waals surface area contributed by atoms with Crippen LogP contribution < -0.4 is 4.74 Å². The Labute approximate surface area is 91.1 Å². The molecule has 0 aliphatic carbocycles. The fourth-order valence-electron chi connectivity index (χ4n) is 1.90. The summed E-state index contributed by atoms with van der Waals surface area (Å²) in [6.07, 6.45) is 1.58. The fourth-order valence-corrected chi connectivity index (χ4v) is 1.90. The molecule has 0 unspecified atom stereocenters. The molecule has 1 aromatic carbocycles. The van der Waals surface area contributed by atoms with Crippen molar-refractivity contribution in [3.05, 3.63) is 41.9 Å². The molecule has 0 bridgehead atoms. The molecular weight excluding hydrogens is 208 g/mol. The minimum Gasteiger partial charge on any atom is -0.484 e. The predicted molar refractivity (Wildman–Crippen MR) is 55.4 cm³/mol. The van der Waals surface area contributed by atoms with Crippen molar-refractivity contribution in [3.8, 4) is 16.9 Å². The fraction of sp³-hybridized carbons (Fsp3) is 0.0833. The Kier molecular flexibility index (Phi) is 1.77. The first-order chi connectivity index (χ1) is 7.77. The molecule has 1 aliphatic rings. The van der Waals surface area contributed by atoms with Crippen molar-refractivity contribution in [1.29, 1.82) is 0 Å². The molecule has 80 valence electrons. The van der Waals surface area contributed by atoms with E-state index in [0.29, 0.717) is 5.75 Å². The highest BCUT2D eigenvalue weighted by Gasteiger charge is 2.24. The lowest BCUT2D eigenvalue weighted by atomic mass is 10.00. The largest absolute Gasteiger partial charge is 0.484 e. The highest BCUT2D eigenvalue weighted by molar-refractivity contribution is 5.94. The van der Waals surface area contributed by atoms with Gasteiger partial charge in [-0.15, -0.1) is 0 Å². The van der Waals surface area contributed by atoms with Crippen LogP contribution in [-0.2, 0) is 6.61 Å². The van der Waals surface area contributed by atoms with Gasteiger partial charge in [0.2, 0.25) is 0 Å². The number of rotatable bonds is 1. The molecule has 0 saturated carbocycles. The van der Waals surface area contributed by atoms with Crippen LogP contribution in [0.4, 0.5) is 0 Å². The van der Waals surface area contributed by atoms with E-state index in [-0.39, 0.29) is 12.2 Å². The molecule has 2 heterocycles. The molecule has 16 heavy (non-hydrogen) atoms. The summed E-state index contributed by atoms with van der Waals surface area (Å²) in [5.74, 6) is 0.169. The van der Waals surface area contributed by atoms with Crippen LogP contribution in [0.3, 0.4) is 0 Å². The van der Waals surface area contributed by atoms with E-state index in [9.17, 15) is 4.79 Å². The number of para-hydroxylation sites is 1. The average Bonchev–Trinajstić information content (AvgIpc) is 2.76. The molecular formula is C12H8O4. The van der Waals surface area contributed by atoms with E-state index in [2.05, 4.69) is 0 Å². The zero-order valence-corrected chi connectivity index (χ0v) is 8.27. The monoisotopic (exact) mass is 216 g/mol. The number of carboxylic acid groups (broad SMARTS) is 1. The van der Waals surface area contributed by atoms with Crippen LogP contribution in [0.15, 0.2) is 34.9 Å². The van der Waals surface area contributed by atoms with E-state index in [0.717, 1.165) is 16.9 Å². The van der Waals surface area contributed by atoms with Crippen LogP contribution >= 0.6 is 0 Å². The van der Waals surface area contributed by atoms with Crippen LogP contribution in [0.2, 0.25) is 0 Å². The minimum absolute atomic E-state index is 0.185. The van der Waals surface area contributed by atoms with Crippen LogP contribution in [0.5, 0.6) is 5.75 Å². The van der Waals surface area contributed by atoms with E-state index in [1.54, 1.807) is 12.3 Å². The Bertz CT molecular complexity index is 568. The molecule has 0 amide bonds. The number of aromatic carboxylic acids is 1. The Balaban J connectivity index is 2.27. The zero-order valence-electron chi connectivity index (χ0n) is 8.27. The summed E-state index contributed by atoms with van der Waals surface area (Å²) < 4.78 is 10.7. The average molecular weight is 216 g/mol. The molecule has 0 spiro atoms. The van der Waals surface area contributed by atoms with Gasteiger partial charge in [-0.3, -0.25) is 0 Å². The van der Waals surface area contributed by atoms with Crippen LogP contribution in [0, 0.1) is 0 Å². The second-order valence-corrected chi connectivity index (χ2v) is 3.53. The van der Waals surface area contributed by atoms with Gasteiger partial charge in [0.05, 0.1) is 6.26 Å². The Hall–Kier alpha value is -2.23. The van der Waals surface area contributed by atoms with Gasteiger partial charge in [-0.2, -0.15) is 0 Å². The molecule has 4 heteroatoms. The number of hydrogen-bond acceptors (Lipinski definition) is 3. The smallest absolute Gasteiger partial charge is 0.339 e. The van der Waals surface area contributed by atoms with Gasteiger partial charge in [0.1, 0.15) is 23.7 Å². The number of carbonyl (C=O) groups is 1. The van der Waals surface area contributed by atoms with Crippen molar-refractivity contribution in [2.24, 2.45) is 0 Å². The maximum atomic E-state index is 11.0. The van der Waals surface area contributed by atoms with Gasteiger partial charge in [0, 0.05) is 11.1 Å². The summed E-state index contributed by atoms with van der Waals surface area (Å²) in [6, 6.07) is 6.89. The maximum Gasteiger partial charge on any atom is 0.339 e. The SMILES string of the molecule is O=C(O)c1cccc2c1OCc1occc1-2. The Morgan fingerprint density at radius 3 is 2.94 bits per heavy atom. The van der Waals surface area contributed by atoms with Crippen molar-refractivity contribution in [1.82, 2.24) is 0 Å². The van der Waals surface area contributed by atoms with Crippen LogP contribution in [-0.4, -0.2) is 11.1 Å². The molecule has 2 aromatic rings. The summed E-state index contributed by atoms with van der Waals surface area (Å²) in [4.78, 5) is 11.0. The molecule has 0 saturated heterocycles. The summed E-state index contributed by atoms with van der Waals surface area (Å²) in [7, 11) is 0. The lowest BCUT2D eigenvalue weighted by Crippen LogP contribution is -2.08. The van der Waals surface area contributed by atoms with E-state index in [4.69, 9.17) is 14.3 Å². The number of fused-ring (bicyclic) bond motifs is 3. The van der Waals surface area contributed by atoms with E-state index < -0.39 is 5.97 Å². The zero-order chi connectivity index (χ0) is 11.1. The number of carboxylic acids is 1. The quantitative estimate of drug-likeness (QED) is 0.795. The lowest BCUT2D eigenvalue weighted by molar-refractivity contribution is 0.0691. The lowest BCUT2D eigenvalue weighted by Gasteiger charge is -2.18. The number of furan rings is 1. The number of hydrogen-bond donors (Lipinski definition) is 1. The first-order valence-electron chi connectivity index (χ1n) is 4.83. The summed E-state index contributed by atoms with van der Waals surface area (Å²) in [5, 5.41) is 9.04. The van der Waals surface area contributed by atoms with Gasteiger partial charge in [-0.1, -0.05) is 12.1 Å². The Morgan fingerprint density at radius 1 is 1.25 bits per heavy atom. The predicted octanol–water partition coefficient (Wildman–Crippen LogP) is 2.54. The molecule has 0 fully saturated rings. The second kappa shape index (κ2) is 3.13. The normalized spacial score (nSPS) is 12.5. The summed E-state index contributed by atoms with van der Waals surface area (Å²) >= 11 is 0. The first-order valence-corrected chi connectivity index (χ1v) is 4.83. The number of ether oxygens (including phenoxy) is 1. The van der Waals surface area contributed by atoms with Crippen LogP contribution in [0.1, 0.15) is 16.1 Å². The topological polar surface area (TPSA) is 59.7 Å². The minimum atomic E-state index is -0.983. The third kappa shape index (κ3) is 1.13. The highest BCUT2D eigenvalue weighted by Crippen LogP contribution is 2.40. The van der Waals surface area contributed by atoms with Gasteiger partial charge < -0.3 is 14.3 Å². The molecule has 1 aromatic heterocycles. The first kappa shape index (κ1) is 9.03. The third-order valence-electron chi connectivity index (χ3n) is 2.63. The molecule has 1 aliphatic heterocycles. The molecule has 4 nitrogen and oxygen atoms in total. The van der Waals surface area contributed by atoms with Crippen molar-refractivity contribution in [2.75, 3.05) is 0 Å². The molecule has 0 atom stereocenters. The maximum absolute atomic E-state index is 11.0. The van der Waals surface area contributed by atoms with E-state index in [1.807, 2.05) is 12.1 Å². The Morgan fingerprint density at radius 2 is 2.12 bits per heavy atom. The number of benzene rings is 1. The van der Waals surface area contributed by atoms with Gasteiger partial charge >= 0.3 is 5.97 Å². The van der Waals surface area contributed by atoms with Gasteiger partial charge in [0.15, 0.2) is 0 Å². The summed E-state index contributed by atoms with van der Waals surface area (Å²) in [5.41, 5.74) is 1.86. The molecule has 1 N–H and O–H groups in total. The molecule has 0 radical (unpaired) electrons. The second-order valence-electron chi connectivity index (χ2n) is 3.53. The summed E-state index contributed by atoms with van der Waals surface area (Å²) in [6.45, 7) is 0.277. The van der Waals surface area contributed by atoms with Crippen molar-refractivity contribution < 1.29 is 19.1 Å². The van der Waals surface area contributed by atoms with Crippen molar-refractivity contribution in [2.45, 2.75) is 6.61 Å². The van der Waals surface area contributed by atoms with Gasteiger partial charge in [0.25, 0.3) is 0 Å². The third-order valence-corrected chi connectivity index (χ3v) is 2.63. The van der Waals surface area contributed by atoms with Gasteiger partial charge in [-0.05, 0) is 12.1 Å². The van der Waals surface area contributed by atoms with E-state index in [1.165, 1.54) is 6.07 Å². The van der Waals surface area contributed by atoms with Crippen molar-refractivity contribution in [3.63, 3.8) is 0 Å².